The molecule has 0 spiro atoms. The maximum absolute atomic E-state index is 11.5. The lowest BCUT2D eigenvalue weighted by Crippen LogP contribution is -2.43. The molecule has 1 heterocycles. The van der Waals surface area contributed by atoms with Crippen molar-refractivity contribution in [1.29, 1.82) is 0 Å². The summed E-state index contributed by atoms with van der Waals surface area (Å²) in [6.07, 6.45) is 3.21. The van der Waals surface area contributed by atoms with Gasteiger partial charge in [0.2, 0.25) is 5.91 Å². The van der Waals surface area contributed by atoms with E-state index >= 15 is 0 Å². The zero-order chi connectivity index (χ0) is 14.0. The number of halogens is 2. The molecule has 0 aromatic heterocycles. The highest BCUT2D eigenvalue weighted by Crippen LogP contribution is 2.37. The second-order valence-corrected chi connectivity index (χ2v) is 6.71. The molecule has 0 aliphatic carbocycles. The van der Waals surface area contributed by atoms with Crippen LogP contribution >= 0.6 is 31.9 Å². The number of carbonyl (C=O) groups excluding carboxylic acids is 1. The van der Waals surface area contributed by atoms with Crippen LogP contribution in [0.25, 0.3) is 0 Å². The van der Waals surface area contributed by atoms with Gasteiger partial charge in [0.05, 0.1) is 11.6 Å². The number of carbonyl (C=O) groups is 1. The SMILES string of the molecule is CCC1(Cc2cc(Br)cc(Br)c2OC)CCC(=O)N1. The number of methoxy groups -OCH3 is 1. The highest BCUT2D eigenvalue weighted by atomic mass is 79.9. The first kappa shape index (κ1) is 14.9. The van der Waals surface area contributed by atoms with Gasteiger partial charge in [-0.05, 0) is 52.9 Å². The minimum atomic E-state index is -0.134. The van der Waals surface area contributed by atoms with Gasteiger partial charge in [-0.1, -0.05) is 22.9 Å². The number of benzene rings is 1. The Morgan fingerprint density at radius 2 is 2.16 bits per heavy atom. The van der Waals surface area contributed by atoms with E-state index < -0.39 is 0 Å². The summed E-state index contributed by atoms with van der Waals surface area (Å²) in [6, 6.07) is 4.03. The summed E-state index contributed by atoms with van der Waals surface area (Å²) in [6.45, 7) is 2.12. The van der Waals surface area contributed by atoms with Crippen molar-refractivity contribution in [3.63, 3.8) is 0 Å². The number of amides is 1. The molecule has 1 aliphatic heterocycles. The monoisotopic (exact) mass is 389 g/mol. The predicted octanol–water partition coefficient (Wildman–Crippen LogP) is 3.82. The van der Waals surface area contributed by atoms with E-state index in [-0.39, 0.29) is 11.4 Å². The number of rotatable bonds is 4. The molecule has 5 heteroatoms. The van der Waals surface area contributed by atoms with E-state index in [4.69, 9.17) is 4.74 Å². The fourth-order valence-electron chi connectivity index (χ4n) is 2.63. The van der Waals surface area contributed by atoms with Crippen LogP contribution in [0.15, 0.2) is 21.1 Å². The summed E-state index contributed by atoms with van der Waals surface area (Å²) in [5.41, 5.74) is 0.970. The van der Waals surface area contributed by atoms with Crippen molar-refractivity contribution in [3.05, 3.63) is 26.6 Å². The Morgan fingerprint density at radius 3 is 2.68 bits per heavy atom. The predicted molar refractivity (Wildman–Crippen MR) is 82.5 cm³/mol. The molecule has 0 bridgehead atoms. The van der Waals surface area contributed by atoms with Gasteiger partial charge in [-0.3, -0.25) is 4.79 Å². The molecule has 1 aliphatic rings. The summed E-state index contributed by atoms with van der Waals surface area (Å²) >= 11 is 7.02. The van der Waals surface area contributed by atoms with Crippen molar-refractivity contribution in [2.24, 2.45) is 0 Å². The number of nitrogens with one attached hydrogen (secondary N) is 1. The highest BCUT2D eigenvalue weighted by Gasteiger charge is 2.36. The van der Waals surface area contributed by atoms with Gasteiger partial charge in [0.1, 0.15) is 5.75 Å². The lowest BCUT2D eigenvalue weighted by atomic mass is 9.86. The highest BCUT2D eigenvalue weighted by molar-refractivity contribution is 9.11. The van der Waals surface area contributed by atoms with Gasteiger partial charge in [0.15, 0.2) is 0 Å². The Labute approximate surface area is 130 Å². The van der Waals surface area contributed by atoms with Gasteiger partial charge in [-0.15, -0.1) is 0 Å². The molecule has 1 aromatic rings. The van der Waals surface area contributed by atoms with Gasteiger partial charge in [-0.25, -0.2) is 0 Å². The molecule has 1 aromatic carbocycles. The van der Waals surface area contributed by atoms with Crippen LogP contribution in [0.4, 0.5) is 0 Å². The molecule has 104 valence electrons. The van der Waals surface area contributed by atoms with Gasteiger partial charge < -0.3 is 10.1 Å². The quantitative estimate of drug-likeness (QED) is 0.848. The standard InChI is InChI=1S/C14H17Br2NO2/c1-3-14(5-4-12(18)17-14)8-9-6-10(15)7-11(16)13(9)19-2/h6-7H,3-5,8H2,1-2H3,(H,17,18). The van der Waals surface area contributed by atoms with Crippen LogP contribution in [0, 0.1) is 0 Å². The van der Waals surface area contributed by atoms with Crippen molar-refractivity contribution in [2.75, 3.05) is 7.11 Å². The molecule has 19 heavy (non-hydrogen) atoms. The summed E-state index contributed by atoms with van der Waals surface area (Å²) in [4.78, 5) is 11.5. The van der Waals surface area contributed by atoms with E-state index in [1.165, 1.54) is 0 Å². The van der Waals surface area contributed by atoms with Crippen molar-refractivity contribution in [1.82, 2.24) is 5.32 Å². The zero-order valence-electron chi connectivity index (χ0n) is 11.1. The van der Waals surface area contributed by atoms with Crippen LogP contribution in [0.3, 0.4) is 0 Å². The van der Waals surface area contributed by atoms with Crippen molar-refractivity contribution >= 4 is 37.8 Å². The average molecular weight is 391 g/mol. The third-order valence-corrected chi connectivity index (χ3v) is 4.78. The normalized spacial score (nSPS) is 22.4. The van der Waals surface area contributed by atoms with Gasteiger partial charge in [0, 0.05) is 16.4 Å². The molecule has 0 saturated carbocycles. The van der Waals surface area contributed by atoms with Gasteiger partial charge >= 0.3 is 0 Å². The van der Waals surface area contributed by atoms with Crippen LogP contribution in [-0.2, 0) is 11.2 Å². The van der Waals surface area contributed by atoms with Crippen molar-refractivity contribution in [2.45, 2.75) is 38.1 Å². The third-order valence-electron chi connectivity index (χ3n) is 3.73. The Bertz CT molecular complexity index is 504. The molecule has 1 saturated heterocycles. The molecule has 1 atom stereocenters. The smallest absolute Gasteiger partial charge is 0.220 e. The molecule has 2 rings (SSSR count). The lowest BCUT2D eigenvalue weighted by molar-refractivity contribution is -0.119. The average Bonchev–Trinajstić information content (AvgIpc) is 2.71. The molecule has 3 nitrogen and oxygen atoms in total. The van der Waals surface area contributed by atoms with Crippen LogP contribution < -0.4 is 10.1 Å². The molecule has 1 amide bonds. The second kappa shape index (κ2) is 5.83. The molecular weight excluding hydrogens is 374 g/mol. The molecule has 0 radical (unpaired) electrons. The van der Waals surface area contributed by atoms with Crippen molar-refractivity contribution in [3.8, 4) is 5.75 Å². The largest absolute Gasteiger partial charge is 0.495 e. The van der Waals surface area contributed by atoms with E-state index in [0.717, 1.165) is 39.5 Å². The fourth-order valence-corrected chi connectivity index (χ4v) is 4.11. The maximum Gasteiger partial charge on any atom is 0.220 e. The van der Waals surface area contributed by atoms with E-state index in [0.29, 0.717) is 6.42 Å². The first-order valence-corrected chi connectivity index (χ1v) is 7.91. The summed E-state index contributed by atoms with van der Waals surface area (Å²) in [7, 11) is 1.67. The summed E-state index contributed by atoms with van der Waals surface area (Å²) in [5.74, 6) is 0.993. The number of hydrogen-bond donors (Lipinski definition) is 1. The Morgan fingerprint density at radius 1 is 1.42 bits per heavy atom. The zero-order valence-corrected chi connectivity index (χ0v) is 14.2. The number of ether oxygens (including phenoxy) is 1. The minimum Gasteiger partial charge on any atom is -0.495 e. The van der Waals surface area contributed by atoms with Gasteiger partial charge in [-0.2, -0.15) is 0 Å². The van der Waals surface area contributed by atoms with E-state index in [1.807, 2.05) is 6.07 Å². The van der Waals surface area contributed by atoms with Crippen LogP contribution in [0.1, 0.15) is 31.7 Å². The van der Waals surface area contributed by atoms with Gasteiger partial charge in [0.25, 0.3) is 0 Å². The topological polar surface area (TPSA) is 38.3 Å². The molecule has 1 unspecified atom stereocenters. The number of hydrogen-bond acceptors (Lipinski definition) is 2. The molecule has 1 N–H and O–H groups in total. The lowest BCUT2D eigenvalue weighted by Gasteiger charge is -2.29. The Balaban J connectivity index is 2.34. The first-order valence-electron chi connectivity index (χ1n) is 6.32. The summed E-state index contributed by atoms with van der Waals surface area (Å²) in [5, 5.41) is 3.13. The Kier molecular flexibility index (Phi) is 4.56. The van der Waals surface area contributed by atoms with E-state index in [2.05, 4.69) is 50.2 Å². The molecule has 1 fully saturated rings. The van der Waals surface area contributed by atoms with E-state index in [1.54, 1.807) is 7.11 Å². The second-order valence-electron chi connectivity index (χ2n) is 4.94. The summed E-state index contributed by atoms with van der Waals surface area (Å²) < 4.78 is 7.41. The minimum absolute atomic E-state index is 0.134. The maximum atomic E-state index is 11.5. The van der Waals surface area contributed by atoms with Crippen LogP contribution in [-0.4, -0.2) is 18.6 Å². The third kappa shape index (κ3) is 3.14. The molecular formula is C14H17Br2NO2. The van der Waals surface area contributed by atoms with Crippen molar-refractivity contribution < 1.29 is 9.53 Å². The van der Waals surface area contributed by atoms with E-state index in [9.17, 15) is 4.79 Å². The first-order chi connectivity index (χ1) is 8.99. The fraction of sp³-hybridized carbons (Fsp3) is 0.500. The van der Waals surface area contributed by atoms with Crippen LogP contribution in [0.2, 0.25) is 0 Å². The Hall–Kier alpha value is -0.550. The van der Waals surface area contributed by atoms with Crippen LogP contribution in [0.5, 0.6) is 5.75 Å².